The lowest BCUT2D eigenvalue weighted by Crippen LogP contribution is -2.21. The topological polar surface area (TPSA) is 107 Å². The Morgan fingerprint density at radius 1 is 1.04 bits per heavy atom. The number of nitrogens with zero attached hydrogens (tertiary/aromatic N) is 7. The van der Waals surface area contributed by atoms with Crippen LogP contribution in [-0.4, -0.2) is 39.3 Å². The van der Waals surface area contributed by atoms with Gasteiger partial charge in [-0.15, -0.1) is 0 Å². The third-order valence-electron chi connectivity index (χ3n) is 4.02. The summed E-state index contributed by atoms with van der Waals surface area (Å²) in [6.07, 6.45) is 4.33. The smallest absolute Gasteiger partial charge is 0.268 e. The zero-order chi connectivity index (χ0) is 17.7. The highest BCUT2D eigenvalue weighted by Gasteiger charge is 2.18. The predicted octanol–water partition coefficient (Wildman–Crippen LogP) is 1.87. The lowest BCUT2D eigenvalue weighted by molar-refractivity contribution is 0.895. The van der Waals surface area contributed by atoms with Crippen LogP contribution in [0.1, 0.15) is 0 Å². The van der Waals surface area contributed by atoms with Crippen molar-refractivity contribution in [3.8, 4) is 17.2 Å². The Bertz CT molecular complexity index is 1300. The van der Waals surface area contributed by atoms with Crippen LogP contribution < -0.4 is 5.56 Å². The van der Waals surface area contributed by atoms with Gasteiger partial charge in [-0.3, -0.25) is 9.36 Å². The van der Waals surface area contributed by atoms with E-state index in [-0.39, 0.29) is 5.56 Å². The van der Waals surface area contributed by atoms with Gasteiger partial charge in [-0.25, -0.2) is 10.1 Å². The number of pyridine rings is 1. The standard InChI is InChI=1S/C16H9ClN8O/c17-10-3-1-9(2-4-10)13-12-11(22-15-19-8-21-25(13)15)5-6-24(14(12)26)16-18-7-20-23-16/h1-8H,(H,18,20,23). The first-order valence-electron chi connectivity index (χ1n) is 7.59. The van der Waals surface area contributed by atoms with Crippen LogP contribution in [0, 0.1) is 0 Å². The molecule has 0 radical (unpaired) electrons. The fourth-order valence-corrected chi connectivity index (χ4v) is 3.01. The first-order valence-corrected chi connectivity index (χ1v) is 7.97. The van der Waals surface area contributed by atoms with Crippen LogP contribution in [0.25, 0.3) is 33.9 Å². The number of rotatable bonds is 2. The van der Waals surface area contributed by atoms with E-state index < -0.39 is 0 Å². The van der Waals surface area contributed by atoms with Crippen LogP contribution >= 0.6 is 11.6 Å². The molecule has 0 atom stereocenters. The summed E-state index contributed by atoms with van der Waals surface area (Å²) >= 11 is 6.01. The van der Waals surface area contributed by atoms with Gasteiger partial charge in [0.15, 0.2) is 0 Å². The largest absolute Gasteiger partial charge is 0.269 e. The number of H-pyrrole nitrogens is 1. The molecule has 5 rings (SSSR count). The number of aromatic amines is 1. The maximum absolute atomic E-state index is 13.2. The Balaban J connectivity index is 1.95. The van der Waals surface area contributed by atoms with Crippen molar-refractivity contribution in [1.82, 2.24) is 39.3 Å². The van der Waals surface area contributed by atoms with Gasteiger partial charge in [-0.05, 0) is 18.2 Å². The summed E-state index contributed by atoms with van der Waals surface area (Å²) in [7, 11) is 0. The average molecular weight is 365 g/mol. The van der Waals surface area contributed by atoms with E-state index in [9.17, 15) is 4.79 Å². The normalized spacial score (nSPS) is 11.4. The first-order chi connectivity index (χ1) is 12.7. The molecule has 10 heteroatoms. The second kappa shape index (κ2) is 5.46. The van der Waals surface area contributed by atoms with E-state index in [1.807, 2.05) is 12.1 Å². The molecule has 0 aliphatic rings. The van der Waals surface area contributed by atoms with Crippen molar-refractivity contribution in [3.63, 3.8) is 0 Å². The van der Waals surface area contributed by atoms with Gasteiger partial charge in [0, 0.05) is 16.8 Å². The summed E-state index contributed by atoms with van der Waals surface area (Å²) < 4.78 is 2.91. The first kappa shape index (κ1) is 14.7. The summed E-state index contributed by atoms with van der Waals surface area (Å²) in [5.74, 6) is 0.719. The van der Waals surface area contributed by atoms with Gasteiger partial charge in [0.05, 0.1) is 16.6 Å². The van der Waals surface area contributed by atoms with E-state index in [1.54, 1.807) is 24.4 Å². The minimum absolute atomic E-state index is 0.297. The molecule has 9 nitrogen and oxygen atoms in total. The van der Waals surface area contributed by atoms with Gasteiger partial charge in [0.1, 0.15) is 12.7 Å². The molecular formula is C16H9ClN8O. The SMILES string of the molecule is O=c1c2c(-c3ccc(Cl)cc3)n3ncnc3nc2ccn1-c1ncn[nH]1. The van der Waals surface area contributed by atoms with Crippen molar-refractivity contribution < 1.29 is 0 Å². The molecule has 0 amide bonds. The van der Waals surface area contributed by atoms with Crippen molar-refractivity contribution >= 4 is 28.3 Å². The summed E-state index contributed by atoms with van der Waals surface area (Å²) in [4.78, 5) is 25.8. The molecule has 1 aromatic carbocycles. The molecule has 4 heterocycles. The van der Waals surface area contributed by atoms with E-state index in [1.165, 1.54) is 21.7 Å². The number of benzene rings is 1. The number of nitrogens with one attached hydrogen (secondary N) is 1. The van der Waals surface area contributed by atoms with Crippen LogP contribution in [0.4, 0.5) is 0 Å². The van der Waals surface area contributed by atoms with E-state index in [0.29, 0.717) is 33.3 Å². The number of aromatic nitrogens is 8. The van der Waals surface area contributed by atoms with Crippen molar-refractivity contribution in [2.75, 3.05) is 0 Å². The Labute approximate surface area is 149 Å². The molecule has 126 valence electrons. The Morgan fingerprint density at radius 3 is 2.65 bits per heavy atom. The maximum atomic E-state index is 13.2. The number of hydrogen-bond acceptors (Lipinski definition) is 6. The molecule has 26 heavy (non-hydrogen) atoms. The fourth-order valence-electron chi connectivity index (χ4n) is 2.88. The Hall–Kier alpha value is -3.59. The van der Waals surface area contributed by atoms with Crippen LogP contribution in [0.2, 0.25) is 5.02 Å². The van der Waals surface area contributed by atoms with E-state index in [4.69, 9.17) is 11.6 Å². The molecule has 0 saturated carbocycles. The van der Waals surface area contributed by atoms with Crippen LogP contribution in [-0.2, 0) is 0 Å². The van der Waals surface area contributed by atoms with Crippen molar-refractivity contribution in [3.05, 3.63) is 64.6 Å². The van der Waals surface area contributed by atoms with Crippen molar-refractivity contribution in [1.29, 1.82) is 0 Å². The third kappa shape index (κ3) is 2.11. The second-order valence-electron chi connectivity index (χ2n) is 5.50. The predicted molar refractivity (Wildman–Crippen MR) is 94.3 cm³/mol. The summed E-state index contributed by atoms with van der Waals surface area (Å²) in [5, 5.41) is 11.7. The summed E-state index contributed by atoms with van der Waals surface area (Å²) in [6, 6.07) is 8.88. The van der Waals surface area contributed by atoms with Gasteiger partial charge in [0.2, 0.25) is 5.95 Å². The molecule has 1 N–H and O–H groups in total. The van der Waals surface area contributed by atoms with E-state index in [0.717, 1.165) is 5.56 Å². The molecular weight excluding hydrogens is 356 g/mol. The van der Waals surface area contributed by atoms with E-state index in [2.05, 4.69) is 30.2 Å². The lowest BCUT2D eigenvalue weighted by atomic mass is 10.1. The highest BCUT2D eigenvalue weighted by atomic mass is 35.5. The van der Waals surface area contributed by atoms with Gasteiger partial charge < -0.3 is 0 Å². The van der Waals surface area contributed by atoms with Crippen molar-refractivity contribution in [2.24, 2.45) is 0 Å². The number of fused-ring (bicyclic) bond motifs is 2. The minimum Gasteiger partial charge on any atom is -0.268 e. The third-order valence-corrected chi connectivity index (χ3v) is 4.27. The number of halogens is 1. The molecule has 4 aromatic heterocycles. The van der Waals surface area contributed by atoms with Crippen LogP contribution in [0.5, 0.6) is 0 Å². The Kier molecular flexibility index (Phi) is 3.09. The summed E-state index contributed by atoms with van der Waals surface area (Å²) in [5.41, 5.74) is 1.56. The van der Waals surface area contributed by atoms with Crippen LogP contribution in [0.3, 0.4) is 0 Å². The molecule has 0 aliphatic carbocycles. The average Bonchev–Trinajstić information content (AvgIpc) is 3.33. The maximum Gasteiger partial charge on any atom is 0.269 e. The quantitative estimate of drug-likeness (QED) is 0.512. The monoisotopic (exact) mass is 364 g/mol. The molecule has 5 aromatic rings. The fraction of sp³-hybridized carbons (Fsp3) is 0. The van der Waals surface area contributed by atoms with Gasteiger partial charge in [-0.2, -0.15) is 24.7 Å². The molecule has 0 saturated heterocycles. The van der Waals surface area contributed by atoms with E-state index >= 15 is 0 Å². The zero-order valence-electron chi connectivity index (χ0n) is 13.0. The Morgan fingerprint density at radius 2 is 1.88 bits per heavy atom. The highest BCUT2D eigenvalue weighted by Crippen LogP contribution is 2.27. The lowest BCUT2D eigenvalue weighted by Gasteiger charge is -2.10. The zero-order valence-corrected chi connectivity index (χ0v) is 13.8. The molecule has 0 unspecified atom stereocenters. The molecule has 0 aliphatic heterocycles. The number of hydrogen-bond donors (Lipinski definition) is 1. The van der Waals surface area contributed by atoms with Gasteiger partial charge in [0.25, 0.3) is 11.3 Å². The summed E-state index contributed by atoms with van der Waals surface area (Å²) in [6.45, 7) is 0. The van der Waals surface area contributed by atoms with Crippen LogP contribution in [0.15, 0.2) is 54.0 Å². The molecule has 0 fully saturated rings. The molecule has 0 bridgehead atoms. The van der Waals surface area contributed by atoms with Gasteiger partial charge >= 0.3 is 0 Å². The van der Waals surface area contributed by atoms with Gasteiger partial charge in [-0.1, -0.05) is 23.7 Å². The second-order valence-corrected chi connectivity index (χ2v) is 5.94. The highest BCUT2D eigenvalue weighted by molar-refractivity contribution is 6.30. The van der Waals surface area contributed by atoms with Crippen molar-refractivity contribution in [2.45, 2.75) is 0 Å². The minimum atomic E-state index is -0.297. The molecule has 0 spiro atoms.